The number of benzene rings is 2. The van der Waals surface area contributed by atoms with Crippen LogP contribution in [0.4, 0.5) is 5.69 Å². The third-order valence-corrected chi connectivity index (χ3v) is 7.46. The Balaban J connectivity index is 1.50. The van der Waals surface area contributed by atoms with E-state index in [0.717, 1.165) is 5.69 Å². The first-order chi connectivity index (χ1) is 17.7. The van der Waals surface area contributed by atoms with Crippen molar-refractivity contribution in [3.63, 3.8) is 0 Å². The average molecular weight is 520 g/mol. The summed E-state index contributed by atoms with van der Waals surface area (Å²) in [7, 11) is 1.58. The molecule has 0 saturated carbocycles. The van der Waals surface area contributed by atoms with Crippen LogP contribution in [0.1, 0.15) is 46.7 Å². The number of carbonyl (C=O) groups is 2. The Morgan fingerprint density at radius 2 is 1.51 bits per heavy atom. The maximum absolute atomic E-state index is 13.9. The number of methoxy groups -OCH3 is 1. The highest BCUT2D eigenvalue weighted by Crippen LogP contribution is 2.35. The second-order valence-electron chi connectivity index (χ2n) is 10.5. The van der Waals surface area contributed by atoms with Crippen molar-refractivity contribution in [1.82, 2.24) is 9.47 Å². The summed E-state index contributed by atoms with van der Waals surface area (Å²) in [5, 5.41) is 0.677. The monoisotopic (exact) mass is 519 g/mol. The summed E-state index contributed by atoms with van der Waals surface area (Å²) >= 11 is 6.01. The summed E-state index contributed by atoms with van der Waals surface area (Å²) in [6.07, 6.45) is 0.928. The lowest BCUT2D eigenvalue weighted by Gasteiger charge is -2.36. The number of ether oxygens (including phenoxy) is 1. The quantitative estimate of drug-likeness (QED) is 0.503. The minimum absolute atomic E-state index is 0.0302. The van der Waals surface area contributed by atoms with Crippen LogP contribution in [0.15, 0.2) is 59.4 Å². The van der Waals surface area contributed by atoms with E-state index in [0.29, 0.717) is 66.7 Å². The molecule has 0 N–H and O–H groups in total. The number of anilines is 1. The molecule has 1 fully saturated rings. The lowest BCUT2D eigenvalue weighted by molar-refractivity contribution is 0.0744. The number of nitrogens with zero attached hydrogens (tertiary/aromatic N) is 3. The molecule has 1 aliphatic carbocycles. The number of hydrogen-bond donors (Lipinski definition) is 0. The molecule has 2 aromatic carbocycles. The zero-order chi connectivity index (χ0) is 26.3. The predicted octanol–water partition coefficient (Wildman–Crippen LogP) is 4.62. The number of rotatable bonds is 4. The molecule has 1 saturated heterocycles. The van der Waals surface area contributed by atoms with Crippen molar-refractivity contribution in [2.45, 2.75) is 26.7 Å². The highest BCUT2D eigenvalue weighted by atomic mass is 35.5. The van der Waals surface area contributed by atoms with Crippen LogP contribution in [-0.4, -0.2) is 54.4 Å². The van der Waals surface area contributed by atoms with Gasteiger partial charge in [-0.3, -0.25) is 19.0 Å². The molecular formula is C29H30ClN3O4. The van der Waals surface area contributed by atoms with Crippen LogP contribution in [-0.2, 0) is 6.42 Å². The minimum atomic E-state index is -0.403. The SMILES string of the molecule is COc1ccc(-n2c3c(cc(C(=O)N4CCN(c5ccc(Cl)cc5)CC4)c2=O)C(=O)CC(C)(C)C3)cc1. The van der Waals surface area contributed by atoms with Gasteiger partial charge in [-0.2, -0.15) is 0 Å². The molecule has 2 aliphatic rings. The van der Waals surface area contributed by atoms with Gasteiger partial charge in [-0.05, 0) is 66.4 Å². The van der Waals surface area contributed by atoms with E-state index in [1.54, 1.807) is 40.8 Å². The number of carbonyl (C=O) groups excluding carboxylic acids is 2. The Kier molecular flexibility index (Phi) is 6.58. The molecule has 3 aromatic rings. The van der Waals surface area contributed by atoms with E-state index in [-0.39, 0.29) is 22.7 Å². The molecule has 0 bridgehead atoms. The van der Waals surface area contributed by atoms with Crippen LogP contribution in [0, 0.1) is 5.41 Å². The molecule has 1 aliphatic heterocycles. The highest BCUT2D eigenvalue weighted by Gasteiger charge is 2.36. The molecule has 1 amide bonds. The normalized spacial score (nSPS) is 16.9. The summed E-state index contributed by atoms with van der Waals surface area (Å²) in [4.78, 5) is 44.6. The second-order valence-corrected chi connectivity index (χ2v) is 10.9. The van der Waals surface area contributed by atoms with E-state index in [1.807, 2.05) is 38.1 Å². The van der Waals surface area contributed by atoms with E-state index < -0.39 is 5.56 Å². The van der Waals surface area contributed by atoms with Gasteiger partial charge in [0.25, 0.3) is 11.5 Å². The lowest BCUT2D eigenvalue weighted by Crippen LogP contribution is -2.50. The van der Waals surface area contributed by atoms with Gasteiger partial charge in [0.2, 0.25) is 0 Å². The molecule has 37 heavy (non-hydrogen) atoms. The summed E-state index contributed by atoms with van der Waals surface area (Å²) in [6.45, 7) is 6.27. The molecule has 5 rings (SSSR count). The zero-order valence-corrected chi connectivity index (χ0v) is 22.0. The zero-order valence-electron chi connectivity index (χ0n) is 21.3. The number of piperazine rings is 1. The fraction of sp³-hybridized carbons (Fsp3) is 0.345. The van der Waals surface area contributed by atoms with Gasteiger partial charge in [-0.1, -0.05) is 25.4 Å². The molecule has 0 unspecified atom stereocenters. The van der Waals surface area contributed by atoms with E-state index in [2.05, 4.69) is 4.90 Å². The van der Waals surface area contributed by atoms with Gasteiger partial charge in [0, 0.05) is 60.3 Å². The number of pyridine rings is 1. The van der Waals surface area contributed by atoms with Crippen molar-refractivity contribution < 1.29 is 14.3 Å². The number of fused-ring (bicyclic) bond motifs is 1. The van der Waals surface area contributed by atoms with Gasteiger partial charge in [0.05, 0.1) is 7.11 Å². The molecule has 0 atom stereocenters. The molecule has 0 radical (unpaired) electrons. The van der Waals surface area contributed by atoms with Crippen molar-refractivity contribution in [3.8, 4) is 11.4 Å². The van der Waals surface area contributed by atoms with E-state index in [9.17, 15) is 14.4 Å². The van der Waals surface area contributed by atoms with Crippen molar-refractivity contribution in [1.29, 1.82) is 0 Å². The largest absolute Gasteiger partial charge is 0.497 e. The second kappa shape index (κ2) is 9.71. The first kappa shape index (κ1) is 25.1. The number of halogens is 1. The van der Waals surface area contributed by atoms with E-state index >= 15 is 0 Å². The number of aromatic nitrogens is 1. The third-order valence-electron chi connectivity index (χ3n) is 7.21. The van der Waals surface area contributed by atoms with Crippen LogP contribution in [0.25, 0.3) is 5.69 Å². The number of ketones is 1. The van der Waals surface area contributed by atoms with Gasteiger partial charge < -0.3 is 14.5 Å². The smallest absolute Gasteiger partial charge is 0.268 e. The van der Waals surface area contributed by atoms with Gasteiger partial charge in [-0.25, -0.2) is 0 Å². The molecule has 192 valence electrons. The molecule has 0 spiro atoms. The van der Waals surface area contributed by atoms with Crippen LogP contribution in [0.3, 0.4) is 0 Å². The Labute approximate surface area is 221 Å². The summed E-state index contributed by atoms with van der Waals surface area (Å²) < 4.78 is 6.82. The molecular weight excluding hydrogens is 490 g/mol. The van der Waals surface area contributed by atoms with Crippen molar-refractivity contribution in [2.75, 3.05) is 38.2 Å². The standard InChI is InChI=1S/C29H30ClN3O4/c1-29(2)17-25-23(26(34)18-29)16-24(28(36)33(25)21-8-10-22(37-3)11-9-21)27(35)32-14-12-31(13-15-32)20-6-4-19(30)5-7-20/h4-11,16H,12-15,17-18H2,1-3H3. The number of amides is 1. The van der Waals surface area contributed by atoms with Crippen LogP contribution in [0.5, 0.6) is 5.75 Å². The minimum Gasteiger partial charge on any atom is -0.497 e. The predicted molar refractivity (Wildman–Crippen MR) is 145 cm³/mol. The Bertz CT molecular complexity index is 1400. The van der Waals surface area contributed by atoms with Gasteiger partial charge in [0.15, 0.2) is 5.78 Å². The average Bonchev–Trinajstić information content (AvgIpc) is 2.88. The van der Waals surface area contributed by atoms with Crippen molar-refractivity contribution in [3.05, 3.63) is 86.8 Å². The molecule has 7 nitrogen and oxygen atoms in total. The van der Waals surface area contributed by atoms with E-state index in [1.165, 1.54) is 6.07 Å². The molecule has 8 heteroatoms. The van der Waals surface area contributed by atoms with Gasteiger partial charge in [0.1, 0.15) is 11.3 Å². The van der Waals surface area contributed by atoms with Crippen LogP contribution < -0.4 is 15.2 Å². The molecule has 2 heterocycles. The Hall–Kier alpha value is -3.58. The first-order valence-electron chi connectivity index (χ1n) is 12.4. The maximum Gasteiger partial charge on any atom is 0.268 e. The fourth-order valence-electron chi connectivity index (χ4n) is 5.26. The summed E-state index contributed by atoms with van der Waals surface area (Å²) in [5.74, 6) is 0.270. The Morgan fingerprint density at radius 1 is 0.892 bits per heavy atom. The van der Waals surface area contributed by atoms with Gasteiger partial charge >= 0.3 is 0 Å². The number of hydrogen-bond acceptors (Lipinski definition) is 5. The lowest BCUT2D eigenvalue weighted by atomic mass is 9.75. The third kappa shape index (κ3) is 4.88. The van der Waals surface area contributed by atoms with Crippen molar-refractivity contribution in [2.24, 2.45) is 5.41 Å². The topological polar surface area (TPSA) is 71.8 Å². The number of Topliss-reactive ketones (excluding diaryl/α,β-unsaturated/α-hetero) is 1. The fourth-order valence-corrected chi connectivity index (χ4v) is 5.39. The Morgan fingerprint density at radius 3 is 2.14 bits per heavy atom. The van der Waals surface area contributed by atoms with Crippen LogP contribution in [0.2, 0.25) is 5.02 Å². The highest BCUT2D eigenvalue weighted by molar-refractivity contribution is 6.30. The van der Waals surface area contributed by atoms with Crippen LogP contribution >= 0.6 is 11.6 Å². The first-order valence-corrected chi connectivity index (χ1v) is 12.8. The summed E-state index contributed by atoms with van der Waals surface area (Å²) in [5.41, 5.74) is 2.10. The maximum atomic E-state index is 13.9. The van der Waals surface area contributed by atoms with Crippen molar-refractivity contribution >= 4 is 29.0 Å². The molecule has 1 aromatic heterocycles. The summed E-state index contributed by atoms with van der Waals surface area (Å²) in [6, 6.07) is 16.3. The van der Waals surface area contributed by atoms with E-state index in [4.69, 9.17) is 16.3 Å². The van der Waals surface area contributed by atoms with Gasteiger partial charge in [-0.15, -0.1) is 0 Å².